The second-order valence-corrected chi connectivity index (χ2v) is 5.06. The largest absolute Gasteiger partial charge is 0.345 e. The standard InChI is InChI=1S/C19H15NO2/c21-18(19(22)20-13-14-6-2-1-3-7-14)17-11-10-15-8-4-5-9-16(15)12-17/h1-12H,13H2,(H,20,22). The summed E-state index contributed by atoms with van der Waals surface area (Å²) in [5.41, 5.74) is 1.37. The minimum atomic E-state index is -0.584. The van der Waals surface area contributed by atoms with Crippen LogP contribution >= 0.6 is 0 Å². The van der Waals surface area contributed by atoms with E-state index < -0.39 is 11.7 Å². The molecule has 0 spiro atoms. The average molecular weight is 289 g/mol. The van der Waals surface area contributed by atoms with E-state index in [4.69, 9.17) is 0 Å². The van der Waals surface area contributed by atoms with Crippen LogP contribution in [0, 0.1) is 0 Å². The highest BCUT2D eigenvalue weighted by molar-refractivity contribution is 6.43. The molecule has 0 aromatic heterocycles. The van der Waals surface area contributed by atoms with E-state index in [1.165, 1.54) is 0 Å². The average Bonchev–Trinajstić information content (AvgIpc) is 2.59. The first-order valence-electron chi connectivity index (χ1n) is 7.09. The van der Waals surface area contributed by atoms with Gasteiger partial charge in [0.2, 0.25) is 5.78 Å². The van der Waals surface area contributed by atoms with E-state index in [1.54, 1.807) is 12.1 Å². The van der Waals surface area contributed by atoms with E-state index >= 15 is 0 Å². The molecule has 0 heterocycles. The monoisotopic (exact) mass is 289 g/mol. The summed E-state index contributed by atoms with van der Waals surface area (Å²) in [5.74, 6) is -1.10. The Labute approximate surface area is 128 Å². The van der Waals surface area contributed by atoms with Crippen molar-refractivity contribution >= 4 is 22.5 Å². The summed E-state index contributed by atoms with van der Waals surface area (Å²) in [5, 5.41) is 4.65. The van der Waals surface area contributed by atoms with Gasteiger partial charge in [0.1, 0.15) is 0 Å². The van der Waals surface area contributed by atoms with Crippen molar-refractivity contribution in [3.8, 4) is 0 Å². The van der Waals surface area contributed by atoms with Crippen LogP contribution in [0.5, 0.6) is 0 Å². The highest BCUT2D eigenvalue weighted by Gasteiger charge is 2.15. The molecule has 3 heteroatoms. The summed E-state index contributed by atoms with van der Waals surface area (Å²) < 4.78 is 0. The van der Waals surface area contributed by atoms with Gasteiger partial charge in [-0.15, -0.1) is 0 Å². The Morgan fingerprint density at radius 1 is 0.773 bits per heavy atom. The first kappa shape index (κ1) is 14.0. The van der Waals surface area contributed by atoms with Gasteiger partial charge >= 0.3 is 0 Å². The molecule has 3 rings (SSSR count). The van der Waals surface area contributed by atoms with Crippen molar-refractivity contribution in [2.24, 2.45) is 0 Å². The molecule has 0 bridgehead atoms. The Kier molecular flexibility index (Phi) is 3.97. The van der Waals surface area contributed by atoms with E-state index in [-0.39, 0.29) is 0 Å². The van der Waals surface area contributed by atoms with Crippen LogP contribution in [0.3, 0.4) is 0 Å². The van der Waals surface area contributed by atoms with Crippen molar-refractivity contribution in [3.63, 3.8) is 0 Å². The molecule has 1 N–H and O–H groups in total. The Morgan fingerprint density at radius 2 is 1.45 bits per heavy atom. The molecule has 22 heavy (non-hydrogen) atoms. The number of nitrogens with one attached hydrogen (secondary N) is 1. The van der Waals surface area contributed by atoms with Gasteiger partial charge in [0, 0.05) is 12.1 Å². The number of carbonyl (C=O) groups is 2. The van der Waals surface area contributed by atoms with Gasteiger partial charge in [0.15, 0.2) is 0 Å². The zero-order chi connectivity index (χ0) is 15.4. The molecule has 3 nitrogen and oxygen atoms in total. The van der Waals surface area contributed by atoms with E-state index in [9.17, 15) is 9.59 Å². The number of benzene rings is 3. The van der Waals surface area contributed by atoms with Gasteiger partial charge < -0.3 is 5.32 Å². The van der Waals surface area contributed by atoms with E-state index in [2.05, 4.69) is 5.32 Å². The maximum atomic E-state index is 12.2. The summed E-state index contributed by atoms with van der Waals surface area (Å²) in [7, 11) is 0. The number of hydrogen-bond acceptors (Lipinski definition) is 2. The molecule has 0 aliphatic carbocycles. The first-order valence-corrected chi connectivity index (χ1v) is 7.09. The van der Waals surface area contributed by atoms with Gasteiger partial charge in [-0.05, 0) is 22.4 Å². The van der Waals surface area contributed by atoms with Crippen molar-refractivity contribution in [2.75, 3.05) is 0 Å². The summed E-state index contributed by atoms with van der Waals surface area (Å²) in [6.45, 7) is 0.346. The molecule has 0 aliphatic rings. The van der Waals surface area contributed by atoms with E-state index in [0.717, 1.165) is 16.3 Å². The van der Waals surface area contributed by atoms with Gasteiger partial charge in [0.05, 0.1) is 0 Å². The molecular weight excluding hydrogens is 274 g/mol. The fourth-order valence-corrected chi connectivity index (χ4v) is 2.32. The Morgan fingerprint density at radius 3 is 2.23 bits per heavy atom. The molecule has 108 valence electrons. The highest BCUT2D eigenvalue weighted by atomic mass is 16.2. The normalized spacial score (nSPS) is 10.4. The zero-order valence-electron chi connectivity index (χ0n) is 12.0. The third kappa shape index (κ3) is 3.04. The highest BCUT2D eigenvalue weighted by Crippen LogP contribution is 2.16. The van der Waals surface area contributed by atoms with Crippen molar-refractivity contribution in [2.45, 2.75) is 6.54 Å². The Balaban J connectivity index is 1.73. The Bertz CT molecular complexity index is 825. The zero-order valence-corrected chi connectivity index (χ0v) is 12.0. The number of Topliss-reactive ketones (excluding diaryl/α,β-unsaturated/α-hetero) is 1. The fourth-order valence-electron chi connectivity index (χ4n) is 2.32. The third-order valence-corrected chi connectivity index (χ3v) is 3.51. The molecule has 0 unspecified atom stereocenters. The first-order chi connectivity index (χ1) is 10.7. The van der Waals surface area contributed by atoms with Crippen LogP contribution in [0.25, 0.3) is 10.8 Å². The van der Waals surface area contributed by atoms with Crippen LogP contribution in [0.2, 0.25) is 0 Å². The van der Waals surface area contributed by atoms with E-state index in [1.807, 2.05) is 60.7 Å². The van der Waals surface area contributed by atoms with Gasteiger partial charge in [-0.2, -0.15) is 0 Å². The predicted molar refractivity (Wildman–Crippen MR) is 86.6 cm³/mol. The molecule has 1 amide bonds. The van der Waals surface area contributed by atoms with Crippen molar-refractivity contribution in [1.82, 2.24) is 5.32 Å². The van der Waals surface area contributed by atoms with Crippen LogP contribution in [0.1, 0.15) is 15.9 Å². The summed E-state index contributed by atoms with van der Waals surface area (Å²) in [6, 6.07) is 22.5. The van der Waals surface area contributed by atoms with Crippen molar-refractivity contribution in [3.05, 3.63) is 83.9 Å². The maximum Gasteiger partial charge on any atom is 0.292 e. The second-order valence-electron chi connectivity index (χ2n) is 5.06. The Hall–Kier alpha value is -2.94. The number of hydrogen-bond donors (Lipinski definition) is 1. The van der Waals surface area contributed by atoms with Crippen LogP contribution in [-0.2, 0) is 11.3 Å². The minimum absolute atomic E-state index is 0.346. The number of rotatable bonds is 4. The van der Waals surface area contributed by atoms with Gasteiger partial charge in [-0.25, -0.2) is 0 Å². The van der Waals surface area contributed by atoms with Crippen LogP contribution < -0.4 is 5.32 Å². The smallest absolute Gasteiger partial charge is 0.292 e. The molecule has 3 aromatic carbocycles. The van der Waals surface area contributed by atoms with Crippen LogP contribution in [0.4, 0.5) is 0 Å². The van der Waals surface area contributed by atoms with Crippen molar-refractivity contribution in [1.29, 1.82) is 0 Å². The lowest BCUT2D eigenvalue weighted by molar-refractivity contribution is -0.117. The molecule has 0 aliphatic heterocycles. The molecule has 3 aromatic rings. The lowest BCUT2D eigenvalue weighted by Gasteiger charge is -2.05. The van der Waals surface area contributed by atoms with E-state index in [0.29, 0.717) is 12.1 Å². The molecule has 0 fully saturated rings. The number of amides is 1. The second kappa shape index (κ2) is 6.22. The van der Waals surface area contributed by atoms with Gasteiger partial charge in [-0.3, -0.25) is 9.59 Å². The number of carbonyl (C=O) groups excluding carboxylic acids is 2. The lowest BCUT2D eigenvalue weighted by Crippen LogP contribution is -2.30. The number of ketones is 1. The summed E-state index contributed by atoms with van der Waals surface area (Å²) in [4.78, 5) is 24.2. The predicted octanol–water partition coefficient (Wildman–Crippen LogP) is 3.34. The van der Waals surface area contributed by atoms with Gasteiger partial charge in [0.25, 0.3) is 5.91 Å². The minimum Gasteiger partial charge on any atom is -0.345 e. The maximum absolute atomic E-state index is 12.2. The molecule has 0 saturated carbocycles. The molecular formula is C19H15NO2. The lowest BCUT2D eigenvalue weighted by atomic mass is 10.0. The quantitative estimate of drug-likeness (QED) is 0.591. The SMILES string of the molecule is O=C(NCc1ccccc1)C(=O)c1ccc2ccccc2c1. The summed E-state index contributed by atoms with van der Waals surface area (Å²) in [6.07, 6.45) is 0. The van der Waals surface area contributed by atoms with Gasteiger partial charge in [-0.1, -0.05) is 66.7 Å². The summed E-state index contributed by atoms with van der Waals surface area (Å²) >= 11 is 0. The van der Waals surface area contributed by atoms with Crippen molar-refractivity contribution < 1.29 is 9.59 Å². The molecule has 0 atom stereocenters. The third-order valence-electron chi connectivity index (χ3n) is 3.51. The van der Waals surface area contributed by atoms with Crippen LogP contribution in [-0.4, -0.2) is 11.7 Å². The molecule has 0 saturated heterocycles. The fraction of sp³-hybridized carbons (Fsp3) is 0.0526. The number of fused-ring (bicyclic) bond motifs is 1. The molecule has 0 radical (unpaired) electrons. The van der Waals surface area contributed by atoms with Crippen LogP contribution in [0.15, 0.2) is 72.8 Å². The topological polar surface area (TPSA) is 46.2 Å².